The number of carbonyl (C=O) groups excluding carboxylic acids is 2. The second-order valence-electron chi connectivity index (χ2n) is 10.7. The Balaban J connectivity index is 2.08. The topological polar surface area (TPSA) is 170 Å². The maximum Gasteiger partial charge on any atom is 0.425 e. The number of hydrogen-bond acceptors (Lipinski definition) is 11. The second kappa shape index (κ2) is 12.1. The number of methoxy groups -OCH3 is 1. The summed E-state index contributed by atoms with van der Waals surface area (Å²) >= 11 is 3.25. The Hall–Kier alpha value is -4.27. The van der Waals surface area contributed by atoms with Gasteiger partial charge in [-0.05, 0) is 75.2 Å². The standard InChI is InChI=1S/C26H31BrN6O8/c1-25(2,3)40-23(36)33(24(37)41-26(4,5)6)19-18(29-17(27)12-28-19)21-31-30-20(39-21)15-10-9-14(11-16(15)38-8)13-32(7)22(34)35/h9-12H,13H2,1-8H3,(H,34,35). The first kappa shape index (κ1) is 31.3. The molecule has 3 rings (SSSR count). The summed E-state index contributed by atoms with van der Waals surface area (Å²) in [6.45, 7) is 10.0. The lowest BCUT2D eigenvalue weighted by molar-refractivity contribution is 0.0429. The number of imide groups is 1. The zero-order valence-corrected chi connectivity index (χ0v) is 25.5. The number of benzene rings is 1. The molecule has 2 aromatic heterocycles. The Bertz CT molecular complexity index is 1420. The third-order valence-electron chi connectivity index (χ3n) is 4.96. The Morgan fingerprint density at radius 3 is 2.12 bits per heavy atom. The molecule has 0 saturated heterocycles. The van der Waals surface area contributed by atoms with E-state index in [1.165, 1.54) is 20.4 Å². The van der Waals surface area contributed by atoms with Crippen LogP contribution in [0.5, 0.6) is 5.75 Å². The summed E-state index contributed by atoms with van der Waals surface area (Å²) < 4.78 is 22.5. The highest BCUT2D eigenvalue weighted by molar-refractivity contribution is 9.10. The number of halogens is 1. The van der Waals surface area contributed by atoms with E-state index in [0.717, 1.165) is 4.90 Å². The minimum atomic E-state index is -1.08. The normalized spacial score (nSPS) is 11.5. The first-order valence-corrected chi connectivity index (χ1v) is 13.0. The largest absolute Gasteiger partial charge is 0.496 e. The third-order valence-corrected chi connectivity index (χ3v) is 5.34. The maximum atomic E-state index is 13.2. The van der Waals surface area contributed by atoms with E-state index < -0.39 is 29.5 Å². The fourth-order valence-electron chi connectivity index (χ4n) is 3.31. The van der Waals surface area contributed by atoms with E-state index in [4.69, 9.17) is 23.7 Å². The Kier molecular flexibility index (Phi) is 9.21. The highest BCUT2D eigenvalue weighted by Crippen LogP contribution is 2.35. The molecular formula is C26H31BrN6O8. The van der Waals surface area contributed by atoms with Crippen molar-refractivity contribution in [3.05, 3.63) is 34.6 Å². The predicted molar refractivity (Wildman–Crippen MR) is 149 cm³/mol. The molecule has 15 heteroatoms. The zero-order valence-electron chi connectivity index (χ0n) is 23.9. The summed E-state index contributed by atoms with van der Waals surface area (Å²) in [5.41, 5.74) is -0.914. The number of anilines is 1. The van der Waals surface area contributed by atoms with Gasteiger partial charge in [0, 0.05) is 13.6 Å². The van der Waals surface area contributed by atoms with Gasteiger partial charge in [-0.2, -0.15) is 4.90 Å². The van der Waals surface area contributed by atoms with Crippen molar-refractivity contribution in [3.63, 3.8) is 0 Å². The van der Waals surface area contributed by atoms with Crippen LogP contribution in [0.3, 0.4) is 0 Å². The number of carbonyl (C=O) groups is 3. The van der Waals surface area contributed by atoms with Gasteiger partial charge < -0.3 is 28.6 Å². The van der Waals surface area contributed by atoms with Crippen LogP contribution in [0, 0.1) is 0 Å². The number of hydrogen-bond donors (Lipinski definition) is 1. The number of rotatable bonds is 6. The molecule has 41 heavy (non-hydrogen) atoms. The Morgan fingerprint density at radius 1 is 1.00 bits per heavy atom. The number of amides is 3. The predicted octanol–water partition coefficient (Wildman–Crippen LogP) is 5.75. The highest BCUT2D eigenvalue weighted by Gasteiger charge is 2.37. The van der Waals surface area contributed by atoms with Gasteiger partial charge in [-0.3, -0.25) is 0 Å². The van der Waals surface area contributed by atoms with Crippen molar-refractivity contribution in [2.75, 3.05) is 19.1 Å². The molecule has 0 aliphatic carbocycles. The Labute approximate surface area is 244 Å². The summed E-state index contributed by atoms with van der Waals surface area (Å²) in [5, 5.41) is 17.3. The molecule has 0 saturated carbocycles. The minimum absolute atomic E-state index is 0.0313. The maximum absolute atomic E-state index is 13.2. The molecule has 2 heterocycles. The van der Waals surface area contributed by atoms with Gasteiger partial charge in [-0.1, -0.05) is 6.07 Å². The van der Waals surface area contributed by atoms with Crippen LogP contribution in [0.2, 0.25) is 0 Å². The third kappa shape index (κ3) is 8.13. The second-order valence-corrected chi connectivity index (χ2v) is 11.6. The average Bonchev–Trinajstić information content (AvgIpc) is 3.32. The van der Waals surface area contributed by atoms with Gasteiger partial charge >= 0.3 is 18.3 Å². The van der Waals surface area contributed by atoms with Crippen molar-refractivity contribution in [1.29, 1.82) is 0 Å². The number of carboxylic acid groups (broad SMARTS) is 1. The van der Waals surface area contributed by atoms with Crippen molar-refractivity contribution in [2.24, 2.45) is 0 Å². The van der Waals surface area contributed by atoms with Gasteiger partial charge in [-0.25, -0.2) is 24.4 Å². The van der Waals surface area contributed by atoms with Crippen molar-refractivity contribution in [1.82, 2.24) is 25.1 Å². The highest BCUT2D eigenvalue weighted by atomic mass is 79.9. The fourth-order valence-corrected chi connectivity index (χ4v) is 3.59. The van der Waals surface area contributed by atoms with Gasteiger partial charge in [0.15, 0.2) is 11.5 Å². The van der Waals surface area contributed by atoms with Gasteiger partial charge in [0.05, 0.1) is 18.9 Å². The van der Waals surface area contributed by atoms with Crippen molar-refractivity contribution >= 4 is 40.0 Å². The summed E-state index contributed by atoms with van der Waals surface area (Å²) in [4.78, 5) is 47.9. The molecule has 0 unspecified atom stereocenters. The molecule has 0 aliphatic rings. The van der Waals surface area contributed by atoms with Crippen LogP contribution in [0.15, 0.2) is 33.4 Å². The molecule has 0 aliphatic heterocycles. The summed E-state index contributed by atoms with van der Waals surface area (Å²) in [5.74, 6) is -0.0476. The van der Waals surface area contributed by atoms with E-state index in [0.29, 0.717) is 21.8 Å². The molecule has 14 nitrogen and oxygen atoms in total. The van der Waals surface area contributed by atoms with Crippen LogP contribution < -0.4 is 9.64 Å². The van der Waals surface area contributed by atoms with Crippen LogP contribution >= 0.6 is 15.9 Å². The van der Waals surface area contributed by atoms with Crippen molar-refractivity contribution in [2.45, 2.75) is 59.3 Å². The van der Waals surface area contributed by atoms with E-state index in [9.17, 15) is 14.4 Å². The minimum Gasteiger partial charge on any atom is -0.496 e. The first-order valence-electron chi connectivity index (χ1n) is 12.2. The van der Waals surface area contributed by atoms with Gasteiger partial charge in [0.1, 0.15) is 21.6 Å². The van der Waals surface area contributed by atoms with E-state index in [2.05, 4.69) is 36.1 Å². The van der Waals surface area contributed by atoms with E-state index in [1.807, 2.05) is 0 Å². The number of nitrogens with zero attached hydrogens (tertiary/aromatic N) is 6. The van der Waals surface area contributed by atoms with Crippen LogP contribution in [0.1, 0.15) is 47.1 Å². The lowest BCUT2D eigenvalue weighted by atomic mass is 10.1. The molecule has 3 aromatic rings. The Morgan fingerprint density at radius 2 is 1.59 bits per heavy atom. The summed E-state index contributed by atoms with van der Waals surface area (Å²) in [6.07, 6.45) is -1.89. The van der Waals surface area contributed by atoms with Gasteiger partial charge in [0.2, 0.25) is 0 Å². The monoisotopic (exact) mass is 634 g/mol. The lowest BCUT2D eigenvalue weighted by Crippen LogP contribution is -2.44. The van der Waals surface area contributed by atoms with Gasteiger partial charge in [-0.15, -0.1) is 10.2 Å². The molecule has 220 valence electrons. The van der Waals surface area contributed by atoms with Crippen molar-refractivity contribution < 1.29 is 38.1 Å². The molecule has 1 N–H and O–H groups in total. The molecule has 0 bridgehead atoms. The molecule has 0 fully saturated rings. The van der Waals surface area contributed by atoms with Gasteiger partial charge in [0.25, 0.3) is 11.8 Å². The number of aromatic nitrogens is 4. The fraction of sp³-hybridized carbons (Fsp3) is 0.423. The van der Waals surface area contributed by atoms with Crippen LogP contribution in [-0.4, -0.2) is 73.8 Å². The van der Waals surface area contributed by atoms with E-state index in [-0.39, 0.29) is 34.4 Å². The zero-order chi connectivity index (χ0) is 30.7. The molecule has 0 radical (unpaired) electrons. The van der Waals surface area contributed by atoms with Crippen LogP contribution in [-0.2, 0) is 16.0 Å². The first-order chi connectivity index (χ1) is 19.0. The quantitative estimate of drug-likeness (QED) is 0.348. The molecule has 0 atom stereocenters. The molecular weight excluding hydrogens is 604 g/mol. The molecule has 1 aromatic carbocycles. The van der Waals surface area contributed by atoms with E-state index in [1.54, 1.807) is 59.7 Å². The van der Waals surface area contributed by atoms with Crippen LogP contribution in [0.4, 0.5) is 20.2 Å². The molecule has 0 spiro atoms. The SMILES string of the molecule is COc1cc(CN(C)C(=O)O)ccc1-c1nnc(-c2nc(Br)cnc2N(C(=O)OC(C)(C)C)C(=O)OC(C)(C)C)o1. The van der Waals surface area contributed by atoms with E-state index >= 15 is 0 Å². The smallest absolute Gasteiger partial charge is 0.425 e. The van der Waals surface area contributed by atoms with Crippen molar-refractivity contribution in [3.8, 4) is 28.8 Å². The summed E-state index contributed by atoms with van der Waals surface area (Å²) in [6, 6.07) is 4.98. The lowest BCUT2D eigenvalue weighted by Gasteiger charge is -2.28. The average molecular weight is 635 g/mol. The van der Waals surface area contributed by atoms with Crippen LogP contribution in [0.25, 0.3) is 23.0 Å². The molecule has 3 amide bonds. The number of ether oxygens (including phenoxy) is 3. The summed E-state index contributed by atoms with van der Waals surface area (Å²) in [7, 11) is 2.89.